The minimum Gasteiger partial charge on any atom is -0.341 e. The lowest BCUT2D eigenvalue weighted by Crippen LogP contribution is -2.36. The average Bonchev–Trinajstić information content (AvgIpc) is 2.46. The highest BCUT2D eigenvalue weighted by Crippen LogP contribution is 2.25. The van der Waals surface area contributed by atoms with Crippen LogP contribution in [0, 0.1) is 11.8 Å². The molecule has 0 aliphatic carbocycles. The molecule has 0 radical (unpaired) electrons. The van der Waals surface area contributed by atoms with Gasteiger partial charge in [0.1, 0.15) is 0 Å². The maximum atomic E-state index is 4.50. The van der Waals surface area contributed by atoms with E-state index in [1.165, 1.54) is 12.8 Å². The Morgan fingerprint density at radius 2 is 1.89 bits per heavy atom. The Balaban J connectivity index is 1.89. The van der Waals surface area contributed by atoms with Crippen LogP contribution in [0.1, 0.15) is 39.2 Å². The van der Waals surface area contributed by atoms with Crippen LogP contribution in [0.4, 0.5) is 5.95 Å². The Hall–Kier alpha value is -1.16. The number of rotatable bonds is 5. The van der Waals surface area contributed by atoms with Gasteiger partial charge in [0.2, 0.25) is 5.95 Å². The molecule has 1 saturated heterocycles. The molecule has 0 bridgehead atoms. The van der Waals surface area contributed by atoms with Gasteiger partial charge < -0.3 is 10.2 Å². The van der Waals surface area contributed by atoms with Crippen molar-refractivity contribution in [2.75, 3.05) is 24.5 Å². The Bertz CT molecular complexity index is 366. The number of nitrogens with zero attached hydrogens (tertiary/aromatic N) is 3. The highest BCUT2D eigenvalue weighted by Gasteiger charge is 2.22. The van der Waals surface area contributed by atoms with E-state index >= 15 is 0 Å². The molecular formula is C15H26N4. The van der Waals surface area contributed by atoms with Crippen LogP contribution in [-0.2, 0) is 6.54 Å². The van der Waals surface area contributed by atoms with Crippen molar-refractivity contribution in [3.05, 3.63) is 18.0 Å². The second kappa shape index (κ2) is 6.85. The number of aromatic nitrogens is 2. The molecule has 19 heavy (non-hydrogen) atoms. The molecule has 1 aromatic heterocycles. The Kier molecular flexibility index (Phi) is 5.14. The molecule has 2 heterocycles. The summed E-state index contributed by atoms with van der Waals surface area (Å²) in [5.74, 6) is 2.55. The first kappa shape index (κ1) is 14.3. The summed E-state index contributed by atoms with van der Waals surface area (Å²) >= 11 is 0. The molecule has 0 aromatic carbocycles. The third-order valence-electron chi connectivity index (χ3n) is 4.04. The molecule has 4 heteroatoms. The smallest absolute Gasteiger partial charge is 0.225 e. The quantitative estimate of drug-likeness (QED) is 0.885. The molecule has 0 atom stereocenters. The van der Waals surface area contributed by atoms with Crippen LogP contribution in [0.2, 0.25) is 0 Å². The van der Waals surface area contributed by atoms with Crippen molar-refractivity contribution in [2.45, 2.75) is 40.2 Å². The van der Waals surface area contributed by atoms with Gasteiger partial charge in [-0.3, -0.25) is 0 Å². The van der Waals surface area contributed by atoms with Gasteiger partial charge in [0.15, 0.2) is 0 Å². The van der Waals surface area contributed by atoms with Crippen molar-refractivity contribution in [1.82, 2.24) is 15.3 Å². The third-order valence-corrected chi connectivity index (χ3v) is 4.04. The highest BCUT2D eigenvalue weighted by atomic mass is 15.2. The normalized spacial score (nSPS) is 17.2. The predicted molar refractivity (Wildman–Crippen MR) is 79.2 cm³/mol. The number of piperidine rings is 1. The topological polar surface area (TPSA) is 41.1 Å². The van der Waals surface area contributed by atoms with Crippen LogP contribution in [-0.4, -0.2) is 29.6 Å². The monoisotopic (exact) mass is 262 g/mol. The molecule has 0 saturated carbocycles. The first-order chi connectivity index (χ1) is 9.20. The van der Waals surface area contributed by atoms with Gasteiger partial charge in [0.25, 0.3) is 0 Å². The average molecular weight is 262 g/mol. The molecule has 4 nitrogen and oxygen atoms in total. The standard InChI is InChI=1S/C15H26N4/c1-4-16-9-13-10-17-15(18-11-13)19-7-5-14(6-8-19)12(2)3/h10-12,14,16H,4-9H2,1-3H3. The first-order valence-corrected chi connectivity index (χ1v) is 7.47. The fourth-order valence-corrected chi connectivity index (χ4v) is 2.64. The second-order valence-electron chi connectivity index (χ2n) is 5.74. The first-order valence-electron chi connectivity index (χ1n) is 7.47. The van der Waals surface area contributed by atoms with Gasteiger partial charge in [-0.2, -0.15) is 0 Å². The van der Waals surface area contributed by atoms with E-state index in [1.807, 2.05) is 12.4 Å². The van der Waals surface area contributed by atoms with E-state index in [0.717, 1.165) is 49.5 Å². The van der Waals surface area contributed by atoms with Gasteiger partial charge >= 0.3 is 0 Å². The summed E-state index contributed by atoms with van der Waals surface area (Å²) in [4.78, 5) is 11.3. The minimum absolute atomic E-state index is 0.797. The van der Waals surface area contributed by atoms with E-state index in [9.17, 15) is 0 Å². The van der Waals surface area contributed by atoms with Crippen molar-refractivity contribution in [3.8, 4) is 0 Å². The summed E-state index contributed by atoms with van der Waals surface area (Å²) in [5.41, 5.74) is 1.16. The summed E-state index contributed by atoms with van der Waals surface area (Å²) in [6, 6.07) is 0. The summed E-state index contributed by atoms with van der Waals surface area (Å²) in [6.07, 6.45) is 6.42. The van der Waals surface area contributed by atoms with E-state index in [2.05, 4.69) is 41.0 Å². The zero-order chi connectivity index (χ0) is 13.7. The van der Waals surface area contributed by atoms with E-state index in [0.29, 0.717) is 0 Å². The molecule has 0 spiro atoms. The van der Waals surface area contributed by atoms with Gasteiger partial charge in [-0.25, -0.2) is 9.97 Å². The van der Waals surface area contributed by atoms with E-state index < -0.39 is 0 Å². The lowest BCUT2D eigenvalue weighted by Gasteiger charge is -2.33. The zero-order valence-electron chi connectivity index (χ0n) is 12.4. The summed E-state index contributed by atoms with van der Waals surface area (Å²) in [5, 5.41) is 3.29. The highest BCUT2D eigenvalue weighted by molar-refractivity contribution is 5.30. The Morgan fingerprint density at radius 3 is 2.42 bits per heavy atom. The van der Waals surface area contributed by atoms with Crippen LogP contribution < -0.4 is 10.2 Å². The molecule has 0 unspecified atom stereocenters. The van der Waals surface area contributed by atoms with Crippen molar-refractivity contribution >= 4 is 5.95 Å². The maximum absolute atomic E-state index is 4.50. The van der Waals surface area contributed by atoms with Crippen LogP contribution in [0.25, 0.3) is 0 Å². The summed E-state index contributed by atoms with van der Waals surface area (Å²) < 4.78 is 0. The summed E-state index contributed by atoms with van der Waals surface area (Å²) in [6.45, 7) is 10.8. The number of hydrogen-bond donors (Lipinski definition) is 1. The van der Waals surface area contributed by atoms with Gasteiger partial charge in [-0.15, -0.1) is 0 Å². The lowest BCUT2D eigenvalue weighted by atomic mass is 9.87. The van der Waals surface area contributed by atoms with Gasteiger partial charge in [0, 0.05) is 37.6 Å². The molecule has 1 fully saturated rings. The predicted octanol–water partition coefficient (Wildman–Crippen LogP) is 2.46. The largest absolute Gasteiger partial charge is 0.341 e. The Labute approximate surface area is 116 Å². The van der Waals surface area contributed by atoms with Crippen LogP contribution in [0.5, 0.6) is 0 Å². The molecule has 1 aliphatic rings. The van der Waals surface area contributed by atoms with E-state index in [1.54, 1.807) is 0 Å². The number of hydrogen-bond acceptors (Lipinski definition) is 4. The number of nitrogens with one attached hydrogen (secondary N) is 1. The fourth-order valence-electron chi connectivity index (χ4n) is 2.64. The van der Waals surface area contributed by atoms with Crippen molar-refractivity contribution < 1.29 is 0 Å². The molecule has 106 valence electrons. The Morgan fingerprint density at radius 1 is 1.26 bits per heavy atom. The van der Waals surface area contributed by atoms with Gasteiger partial charge in [-0.05, 0) is 31.2 Å². The lowest BCUT2D eigenvalue weighted by molar-refractivity contribution is 0.310. The van der Waals surface area contributed by atoms with Crippen molar-refractivity contribution in [1.29, 1.82) is 0 Å². The van der Waals surface area contributed by atoms with Crippen LogP contribution in [0.3, 0.4) is 0 Å². The zero-order valence-corrected chi connectivity index (χ0v) is 12.4. The maximum Gasteiger partial charge on any atom is 0.225 e. The van der Waals surface area contributed by atoms with Crippen molar-refractivity contribution in [3.63, 3.8) is 0 Å². The van der Waals surface area contributed by atoms with Gasteiger partial charge in [0.05, 0.1) is 0 Å². The molecule has 1 N–H and O–H groups in total. The number of anilines is 1. The summed E-state index contributed by atoms with van der Waals surface area (Å²) in [7, 11) is 0. The van der Waals surface area contributed by atoms with Crippen molar-refractivity contribution in [2.24, 2.45) is 11.8 Å². The SMILES string of the molecule is CCNCc1cnc(N2CCC(C(C)C)CC2)nc1. The third kappa shape index (κ3) is 3.90. The van der Waals surface area contributed by atoms with E-state index in [4.69, 9.17) is 0 Å². The molecule has 1 aromatic rings. The van der Waals surface area contributed by atoms with Gasteiger partial charge in [-0.1, -0.05) is 20.8 Å². The molecular weight excluding hydrogens is 236 g/mol. The minimum atomic E-state index is 0.797. The van der Waals surface area contributed by atoms with E-state index in [-0.39, 0.29) is 0 Å². The molecule has 0 amide bonds. The second-order valence-corrected chi connectivity index (χ2v) is 5.74. The fraction of sp³-hybridized carbons (Fsp3) is 0.733. The molecule has 1 aliphatic heterocycles. The van der Waals surface area contributed by atoms with Crippen LogP contribution in [0.15, 0.2) is 12.4 Å². The van der Waals surface area contributed by atoms with Crippen LogP contribution >= 0.6 is 0 Å². The molecule has 2 rings (SSSR count).